The van der Waals surface area contributed by atoms with Gasteiger partial charge in [0, 0.05) is 24.8 Å². The summed E-state index contributed by atoms with van der Waals surface area (Å²) in [6.07, 6.45) is 7.16. The number of rotatable bonds is 3. The van der Waals surface area contributed by atoms with Crippen LogP contribution in [0.5, 0.6) is 0 Å². The molecular weight excluding hydrogens is 266 g/mol. The monoisotopic (exact) mass is 282 g/mol. The van der Waals surface area contributed by atoms with E-state index in [-0.39, 0.29) is 6.35 Å². The molecule has 1 saturated heterocycles. The van der Waals surface area contributed by atoms with Crippen molar-refractivity contribution in [3.8, 4) is 0 Å². The SMILES string of the molecule is [C]1=C(c2ccno2)OC(N2CCCC2)N1c1ccccc1. The van der Waals surface area contributed by atoms with Crippen LogP contribution >= 0.6 is 0 Å². The molecule has 21 heavy (non-hydrogen) atoms. The highest BCUT2D eigenvalue weighted by atomic mass is 16.6. The third-order valence-corrected chi connectivity index (χ3v) is 3.82. The second-order valence-corrected chi connectivity index (χ2v) is 5.21. The molecule has 0 aliphatic carbocycles. The minimum absolute atomic E-state index is 0.157. The first-order chi connectivity index (χ1) is 10.4. The van der Waals surface area contributed by atoms with Crippen molar-refractivity contribution in [2.24, 2.45) is 0 Å². The molecule has 1 aromatic carbocycles. The Morgan fingerprint density at radius 3 is 2.62 bits per heavy atom. The van der Waals surface area contributed by atoms with Gasteiger partial charge in [-0.3, -0.25) is 9.80 Å². The topological polar surface area (TPSA) is 41.7 Å². The lowest BCUT2D eigenvalue weighted by Gasteiger charge is -2.30. The number of aromatic nitrogens is 1. The van der Waals surface area contributed by atoms with Gasteiger partial charge < -0.3 is 9.26 Å². The fraction of sp³-hybridized carbons (Fsp3) is 0.312. The molecule has 0 amide bonds. The summed E-state index contributed by atoms with van der Waals surface area (Å²) in [6, 6.07) is 11.9. The Kier molecular flexibility index (Phi) is 3.12. The van der Waals surface area contributed by atoms with Crippen LogP contribution in [0.3, 0.4) is 0 Å². The van der Waals surface area contributed by atoms with Crippen molar-refractivity contribution in [3.05, 3.63) is 54.6 Å². The fourth-order valence-corrected chi connectivity index (χ4v) is 2.78. The molecule has 2 aliphatic rings. The highest BCUT2D eigenvalue weighted by Crippen LogP contribution is 2.33. The Bertz CT molecular complexity index is 618. The van der Waals surface area contributed by atoms with Gasteiger partial charge in [0.1, 0.15) is 6.20 Å². The number of benzene rings is 1. The summed E-state index contributed by atoms with van der Waals surface area (Å²) in [5.74, 6) is 1.21. The largest absolute Gasteiger partial charge is 0.450 e. The van der Waals surface area contributed by atoms with E-state index in [1.165, 1.54) is 12.8 Å². The predicted molar refractivity (Wildman–Crippen MR) is 77.8 cm³/mol. The zero-order valence-corrected chi connectivity index (χ0v) is 11.6. The summed E-state index contributed by atoms with van der Waals surface area (Å²) in [5, 5.41) is 3.74. The predicted octanol–water partition coefficient (Wildman–Crippen LogP) is 2.69. The van der Waals surface area contributed by atoms with Crippen molar-refractivity contribution >= 4 is 11.4 Å². The molecule has 5 nitrogen and oxygen atoms in total. The van der Waals surface area contributed by atoms with E-state index in [0.29, 0.717) is 11.5 Å². The fourth-order valence-electron chi connectivity index (χ4n) is 2.78. The number of nitrogens with zero attached hydrogens (tertiary/aromatic N) is 3. The lowest BCUT2D eigenvalue weighted by atomic mass is 10.3. The first kappa shape index (κ1) is 12.5. The Morgan fingerprint density at radius 2 is 1.90 bits per heavy atom. The van der Waals surface area contributed by atoms with E-state index in [1.54, 1.807) is 12.3 Å². The molecule has 0 bridgehead atoms. The molecule has 1 fully saturated rings. The second-order valence-electron chi connectivity index (χ2n) is 5.21. The van der Waals surface area contributed by atoms with Crippen molar-refractivity contribution < 1.29 is 9.26 Å². The van der Waals surface area contributed by atoms with E-state index in [0.717, 1.165) is 18.8 Å². The van der Waals surface area contributed by atoms with E-state index in [2.05, 4.69) is 28.4 Å². The van der Waals surface area contributed by atoms with E-state index in [1.807, 2.05) is 23.1 Å². The van der Waals surface area contributed by atoms with Crippen molar-refractivity contribution in [1.29, 1.82) is 0 Å². The average Bonchev–Trinajstić information content (AvgIpc) is 3.27. The van der Waals surface area contributed by atoms with Crippen LogP contribution in [0.15, 0.2) is 47.1 Å². The highest BCUT2D eigenvalue weighted by molar-refractivity contribution is 5.62. The lowest BCUT2D eigenvalue weighted by molar-refractivity contribution is 0.0363. The zero-order valence-electron chi connectivity index (χ0n) is 11.6. The van der Waals surface area contributed by atoms with Crippen LogP contribution in [-0.4, -0.2) is 29.5 Å². The van der Waals surface area contributed by atoms with Gasteiger partial charge in [0.05, 0.1) is 6.20 Å². The van der Waals surface area contributed by atoms with E-state index >= 15 is 0 Å². The Morgan fingerprint density at radius 1 is 1.10 bits per heavy atom. The van der Waals surface area contributed by atoms with Crippen LogP contribution in [0.4, 0.5) is 5.69 Å². The molecular formula is C16H16N3O2. The first-order valence-electron chi connectivity index (χ1n) is 7.21. The van der Waals surface area contributed by atoms with Crippen LogP contribution in [0.1, 0.15) is 18.6 Å². The maximum Gasteiger partial charge on any atom is 0.237 e. The quantitative estimate of drug-likeness (QED) is 0.866. The molecule has 0 N–H and O–H groups in total. The molecule has 5 heteroatoms. The van der Waals surface area contributed by atoms with Crippen molar-refractivity contribution in [3.63, 3.8) is 0 Å². The number of hydrogen-bond donors (Lipinski definition) is 0. The van der Waals surface area contributed by atoms with Crippen LogP contribution in [0.2, 0.25) is 0 Å². The van der Waals surface area contributed by atoms with Gasteiger partial charge in [-0.25, -0.2) is 0 Å². The molecule has 1 radical (unpaired) electrons. The van der Waals surface area contributed by atoms with Crippen LogP contribution in [0.25, 0.3) is 5.76 Å². The molecule has 3 heterocycles. The van der Waals surface area contributed by atoms with Gasteiger partial charge in [0.15, 0.2) is 5.76 Å². The average molecular weight is 282 g/mol. The van der Waals surface area contributed by atoms with E-state index in [4.69, 9.17) is 9.26 Å². The number of para-hydroxylation sites is 1. The molecule has 0 spiro atoms. The number of likely N-dealkylation sites (tertiary alicyclic amines) is 1. The van der Waals surface area contributed by atoms with Gasteiger partial charge in [0.2, 0.25) is 12.1 Å². The van der Waals surface area contributed by atoms with Crippen molar-refractivity contribution in [1.82, 2.24) is 10.1 Å². The Balaban J connectivity index is 1.67. The molecule has 4 rings (SSSR count). The van der Waals surface area contributed by atoms with Gasteiger partial charge in [-0.05, 0) is 25.0 Å². The minimum Gasteiger partial charge on any atom is -0.450 e. The van der Waals surface area contributed by atoms with Crippen LogP contribution in [0, 0.1) is 6.20 Å². The minimum atomic E-state index is -0.157. The van der Waals surface area contributed by atoms with Crippen LogP contribution in [-0.2, 0) is 4.74 Å². The van der Waals surface area contributed by atoms with E-state index in [9.17, 15) is 0 Å². The molecule has 1 atom stereocenters. The molecule has 2 aliphatic heterocycles. The number of anilines is 1. The third kappa shape index (κ3) is 2.29. The van der Waals surface area contributed by atoms with Crippen molar-refractivity contribution in [2.75, 3.05) is 18.0 Å². The highest BCUT2D eigenvalue weighted by Gasteiger charge is 2.35. The summed E-state index contributed by atoms with van der Waals surface area (Å²) in [4.78, 5) is 4.35. The molecule has 2 aromatic rings. The number of ether oxygens (including phenoxy) is 1. The van der Waals surface area contributed by atoms with Crippen molar-refractivity contribution in [2.45, 2.75) is 19.2 Å². The van der Waals surface area contributed by atoms with Gasteiger partial charge in [-0.15, -0.1) is 0 Å². The summed E-state index contributed by atoms with van der Waals surface area (Å²) < 4.78 is 11.3. The molecule has 0 saturated carbocycles. The summed E-state index contributed by atoms with van der Waals surface area (Å²) in [7, 11) is 0. The summed E-state index contributed by atoms with van der Waals surface area (Å²) in [5.41, 5.74) is 1.06. The second kappa shape index (κ2) is 5.26. The summed E-state index contributed by atoms with van der Waals surface area (Å²) >= 11 is 0. The van der Waals surface area contributed by atoms with Gasteiger partial charge in [-0.1, -0.05) is 23.4 Å². The van der Waals surface area contributed by atoms with Gasteiger partial charge in [-0.2, -0.15) is 0 Å². The third-order valence-electron chi connectivity index (χ3n) is 3.82. The maximum atomic E-state index is 6.08. The number of hydrogen-bond acceptors (Lipinski definition) is 5. The zero-order chi connectivity index (χ0) is 14.1. The molecule has 1 aromatic heterocycles. The normalized spacial score (nSPS) is 22.4. The van der Waals surface area contributed by atoms with Crippen LogP contribution < -0.4 is 4.90 Å². The maximum absolute atomic E-state index is 6.08. The Labute approximate surface area is 123 Å². The smallest absolute Gasteiger partial charge is 0.237 e. The summed E-state index contributed by atoms with van der Waals surface area (Å²) in [6.45, 7) is 2.08. The Hall–Kier alpha value is -2.27. The van der Waals surface area contributed by atoms with Gasteiger partial charge >= 0.3 is 0 Å². The first-order valence-corrected chi connectivity index (χ1v) is 7.21. The standard InChI is InChI=1S/C16H16N3O2/c1-2-6-13(7-3-1)19-12-15(14-8-9-17-21-14)20-16(19)18-10-4-5-11-18/h1-3,6-9,16H,4-5,10-11H2. The lowest BCUT2D eigenvalue weighted by Crippen LogP contribution is -2.43. The van der Waals surface area contributed by atoms with Gasteiger partial charge in [0.25, 0.3) is 0 Å². The molecule has 1 unspecified atom stereocenters. The van der Waals surface area contributed by atoms with E-state index < -0.39 is 0 Å². The molecule has 107 valence electrons.